The highest BCUT2D eigenvalue weighted by atomic mass is 19.4. The van der Waals surface area contributed by atoms with E-state index in [0.717, 1.165) is 10.5 Å². The molecule has 0 amide bonds. The average molecular weight is 291 g/mol. The van der Waals surface area contributed by atoms with E-state index < -0.39 is 25.2 Å². The number of benzene rings is 1. The standard InChI is InChI=1S/C13H16F3NO3/c1-20-8-11-4-2-10(3-5-11)6-17(7-12(18)19)9-13(14,15)16/h2-5H,6-9H2,1H3,(H,18,19). The minimum atomic E-state index is -4.43. The molecule has 0 unspecified atom stereocenters. The van der Waals surface area contributed by atoms with Gasteiger partial charge in [0.25, 0.3) is 0 Å². The Morgan fingerprint density at radius 2 is 1.80 bits per heavy atom. The number of hydrogen-bond donors (Lipinski definition) is 1. The second-order valence-electron chi connectivity index (χ2n) is 4.40. The lowest BCUT2D eigenvalue weighted by Crippen LogP contribution is -2.37. The number of carbonyl (C=O) groups is 1. The third-order valence-corrected chi connectivity index (χ3v) is 2.50. The molecule has 20 heavy (non-hydrogen) atoms. The minimum Gasteiger partial charge on any atom is -0.480 e. The molecular weight excluding hydrogens is 275 g/mol. The molecule has 0 aliphatic heterocycles. The monoisotopic (exact) mass is 291 g/mol. The number of methoxy groups -OCH3 is 1. The van der Waals surface area contributed by atoms with Gasteiger partial charge in [-0.1, -0.05) is 24.3 Å². The molecule has 0 fully saturated rings. The van der Waals surface area contributed by atoms with Gasteiger partial charge in [-0.05, 0) is 11.1 Å². The molecule has 112 valence electrons. The van der Waals surface area contributed by atoms with E-state index in [2.05, 4.69) is 0 Å². The van der Waals surface area contributed by atoms with Crippen molar-refractivity contribution >= 4 is 5.97 Å². The molecule has 0 spiro atoms. The van der Waals surface area contributed by atoms with Crippen LogP contribution in [0.1, 0.15) is 11.1 Å². The smallest absolute Gasteiger partial charge is 0.401 e. The number of carboxylic acid groups (broad SMARTS) is 1. The summed E-state index contributed by atoms with van der Waals surface area (Å²) in [7, 11) is 1.55. The molecule has 1 N–H and O–H groups in total. The van der Waals surface area contributed by atoms with E-state index in [1.54, 1.807) is 31.4 Å². The Morgan fingerprint density at radius 1 is 1.25 bits per heavy atom. The second-order valence-corrected chi connectivity index (χ2v) is 4.40. The van der Waals surface area contributed by atoms with E-state index in [1.807, 2.05) is 0 Å². The molecule has 0 radical (unpaired) electrons. The molecule has 1 aromatic rings. The van der Waals surface area contributed by atoms with Gasteiger partial charge in [0.2, 0.25) is 0 Å². The normalized spacial score (nSPS) is 11.8. The fraction of sp³-hybridized carbons (Fsp3) is 0.462. The van der Waals surface area contributed by atoms with Gasteiger partial charge < -0.3 is 9.84 Å². The highest BCUT2D eigenvalue weighted by Gasteiger charge is 2.31. The first-order valence-corrected chi connectivity index (χ1v) is 5.88. The Hall–Kier alpha value is -1.60. The van der Waals surface area contributed by atoms with Crippen LogP contribution in [0, 0.1) is 0 Å². The number of aliphatic carboxylic acids is 1. The van der Waals surface area contributed by atoms with Gasteiger partial charge in [0.15, 0.2) is 0 Å². The van der Waals surface area contributed by atoms with E-state index in [1.165, 1.54) is 0 Å². The van der Waals surface area contributed by atoms with Crippen LogP contribution in [0.15, 0.2) is 24.3 Å². The fourth-order valence-electron chi connectivity index (χ4n) is 1.78. The average Bonchev–Trinajstić information content (AvgIpc) is 2.29. The van der Waals surface area contributed by atoms with Crippen LogP contribution < -0.4 is 0 Å². The largest absolute Gasteiger partial charge is 0.480 e. The molecule has 0 heterocycles. The molecule has 0 atom stereocenters. The van der Waals surface area contributed by atoms with Crippen LogP contribution in [0.5, 0.6) is 0 Å². The summed E-state index contributed by atoms with van der Waals surface area (Å²) in [6, 6.07) is 6.82. The molecule has 0 bridgehead atoms. The molecular formula is C13H16F3NO3. The first kappa shape index (κ1) is 16.5. The highest BCUT2D eigenvalue weighted by molar-refractivity contribution is 5.69. The van der Waals surface area contributed by atoms with Gasteiger partial charge in [-0.3, -0.25) is 9.69 Å². The molecule has 0 saturated heterocycles. The van der Waals surface area contributed by atoms with Gasteiger partial charge in [0.05, 0.1) is 19.7 Å². The summed E-state index contributed by atoms with van der Waals surface area (Å²) < 4.78 is 42.0. The molecule has 0 saturated carbocycles. The summed E-state index contributed by atoms with van der Waals surface area (Å²) in [5.74, 6) is -1.29. The zero-order chi connectivity index (χ0) is 15.2. The Morgan fingerprint density at radius 3 is 2.25 bits per heavy atom. The summed E-state index contributed by atoms with van der Waals surface area (Å²) in [4.78, 5) is 11.4. The summed E-state index contributed by atoms with van der Waals surface area (Å²) >= 11 is 0. The van der Waals surface area contributed by atoms with Gasteiger partial charge >= 0.3 is 12.1 Å². The van der Waals surface area contributed by atoms with Gasteiger partial charge in [0.1, 0.15) is 0 Å². The zero-order valence-corrected chi connectivity index (χ0v) is 11.0. The number of carboxylic acids is 1. The van der Waals surface area contributed by atoms with Crippen molar-refractivity contribution in [2.45, 2.75) is 19.3 Å². The van der Waals surface area contributed by atoms with Crippen LogP contribution >= 0.6 is 0 Å². The van der Waals surface area contributed by atoms with Gasteiger partial charge in [0, 0.05) is 13.7 Å². The molecule has 7 heteroatoms. The fourth-order valence-corrected chi connectivity index (χ4v) is 1.78. The van der Waals surface area contributed by atoms with Gasteiger partial charge in [-0.25, -0.2) is 0 Å². The molecule has 0 aromatic heterocycles. The summed E-state index contributed by atoms with van der Waals surface area (Å²) in [5, 5.41) is 8.65. The lowest BCUT2D eigenvalue weighted by Gasteiger charge is -2.21. The lowest BCUT2D eigenvalue weighted by atomic mass is 10.1. The Labute approximate surface area is 114 Å². The summed E-state index contributed by atoms with van der Waals surface area (Å²) in [6.07, 6.45) is -4.43. The van der Waals surface area contributed by atoms with E-state index in [0.29, 0.717) is 12.2 Å². The number of nitrogens with zero attached hydrogens (tertiary/aromatic N) is 1. The third-order valence-electron chi connectivity index (χ3n) is 2.50. The van der Waals surface area contributed by atoms with Crippen molar-refractivity contribution < 1.29 is 27.8 Å². The van der Waals surface area contributed by atoms with Crippen LogP contribution in [0.25, 0.3) is 0 Å². The molecule has 1 rings (SSSR count). The van der Waals surface area contributed by atoms with Crippen molar-refractivity contribution in [1.82, 2.24) is 4.90 Å². The quantitative estimate of drug-likeness (QED) is 0.837. The SMILES string of the molecule is COCc1ccc(CN(CC(=O)O)CC(F)(F)F)cc1. The van der Waals surface area contributed by atoms with E-state index in [9.17, 15) is 18.0 Å². The van der Waals surface area contributed by atoms with Crippen molar-refractivity contribution in [1.29, 1.82) is 0 Å². The Balaban J connectivity index is 2.70. The third kappa shape index (κ3) is 6.53. The van der Waals surface area contributed by atoms with E-state index in [-0.39, 0.29) is 6.54 Å². The number of rotatable bonds is 7. The van der Waals surface area contributed by atoms with Crippen molar-refractivity contribution in [3.63, 3.8) is 0 Å². The first-order valence-electron chi connectivity index (χ1n) is 5.88. The van der Waals surface area contributed by atoms with Crippen molar-refractivity contribution in [2.75, 3.05) is 20.2 Å². The summed E-state index contributed by atoms with van der Waals surface area (Å²) in [5.41, 5.74) is 1.52. The second kappa shape index (κ2) is 7.25. The number of alkyl halides is 3. The van der Waals surface area contributed by atoms with Crippen molar-refractivity contribution in [2.24, 2.45) is 0 Å². The molecule has 4 nitrogen and oxygen atoms in total. The maximum Gasteiger partial charge on any atom is 0.401 e. The topological polar surface area (TPSA) is 49.8 Å². The van der Waals surface area contributed by atoms with Gasteiger partial charge in [-0.15, -0.1) is 0 Å². The van der Waals surface area contributed by atoms with E-state index >= 15 is 0 Å². The first-order chi connectivity index (χ1) is 9.30. The maximum atomic E-state index is 12.4. The summed E-state index contributed by atoms with van der Waals surface area (Å²) in [6.45, 7) is -1.56. The maximum absolute atomic E-state index is 12.4. The Bertz CT molecular complexity index is 431. The van der Waals surface area contributed by atoms with Crippen molar-refractivity contribution in [3.8, 4) is 0 Å². The number of ether oxygens (including phenoxy) is 1. The van der Waals surface area contributed by atoms with E-state index in [4.69, 9.17) is 9.84 Å². The Kier molecular flexibility index (Phi) is 5.97. The lowest BCUT2D eigenvalue weighted by molar-refractivity contribution is -0.154. The van der Waals surface area contributed by atoms with Crippen molar-refractivity contribution in [3.05, 3.63) is 35.4 Å². The van der Waals surface area contributed by atoms with Gasteiger partial charge in [-0.2, -0.15) is 13.2 Å². The predicted octanol–water partition coefficient (Wildman–Crippen LogP) is 2.28. The zero-order valence-electron chi connectivity index (χ0n) is 11.0. The van der Waals surface area contributed by atoms with Crippen LogP contribution in [0.2, 0.25) is 0 Å². The van der Waals surface area contributed by atoms with Crippen LogP contribution in [-0.2, 0) is 22.7 Å². The minimum absolute atomic E-state index is 0.0704. The highest BCUT2D eigenvalue weighted by Crippen LogP contribution is 2.18. The molecule has 0 aliphatic carbocycles. The van der Waals surface area contributed by atoms with Crippen LogP contribution in [-0.4, -0.2) is 42.4 Å². The van der Waals surface area contributed by atoms with Crippen LogP contribution in [0.4, 0.5) is 13.2 Å². The van der Waals surface area contributed by atoms with Crippen LogP contribution in [0.3, 0.4) is 0 Å². The predicted molar refractivity (Wildman–Crippen MR) is 66.1 cm³/mol. The molecule has 0 aliphatic rings. The number of halogens is 3. The molecule has 1 aromatic carbocycles. The number of hydrogen-bond acceptors (Lipinski definition) is 3.